The molecule has 24 heavy (non-hydrogen) atoms. The van der Waals surface area contributed by atoms with Gasteiger partial charge in [0.05, 0.1) is 24.6 Å². The van der Waals surface area contributed by atoms with Gasteiger partial charge in [0.1, 0.15) is 12.3 Å². The lowest BCUT2D eigenvalue weighted by Gasteiger charge is -2.17. The molecule has 2 bridgehead atoms. The van der Waals surface area contributed by atoms with E-state index in [1.54, 1.807) is 24.3 Å². The summed E-state index contributed by atoms with van der Waals surface area (Å²) in [5.41, 5.74) is 0.519. The average Bonchev–Trinajstić information content (AvgIpc) is 3.25. The molecular formula is C18H18N2O4. The molecule has 1 N–H and O–H groups in total. The molecule has 3 aliphatic rings. The van der Waals surface area contributed by atoms with Crippen LogP contribution in [0.3, 0.4) is 0 Å². The number of methoxy groups -OCH3 is 1. The number of allylic oxidation sites excluding steroid dienone is 2. The molecule has 1 aromatic carbocycles. The number of imide groups is 1. The van der Waals surface area contributed by atoms with Gasteiger partial charge in [0.25, 0.3) is 0 Å². The van der Waals surface area contributed by atoms with E-state index in [1.807, 2.05) is 12.2 Å². The molecule has 4 rings (SSSR count). The summed E-state index contributed by atoms with van der Waals surface area (Å²) in [6.45, 7) is -0.248. The number of para-hydroxylation sites is 2. The zero-order valence-electron chi connectivity index (χ0n) is 13.3. The van der Waals surface area contributed by atoms with Gasteiger partial charge < -0.3 is 10.1 Å². The molecular weight excluding hydrogens is 308 g/mol. The number of nitrogens with one attached hydrogen (secondary N) is 1. The number of hydrogen-bond acceptors (Lipinski definition) is 4. The van der Waals surface area contributed by atoms with Crippen molar-refractivity contribution < 1.29 is 19.1 Å². The van der Waals surface area contributed by atoms with Crippen LogP contribution in [0.15, 0.2) is 36.4 Å². The molecule has 3 amide bonds. The molecule has 124 valence electrons. The number of rotatable bonds is 4. The number of nitrogens with zero attached hydrogens (tertiary/aromatic N) is 1. The topological polar surface area (TPSA) is 75.7 Å². The van der Waals surface area contributed by atoms with E-state index >= 15 is 0 Å². The minimum atomic E-state index is -0.401. The van der Waals surface area contributed by atoms with Crippen LogP contribution in [0.25, 0.3) is 0 Å². The van der Waals surface area contributed by atoms with Crippen LogP contribution < -0.4 is 10.1 Å². The van der Waals surface area contributed by atoms with Gasteiger partial charge in [0.15, 0.2) is 0 Å². The van der Waals surface area contributed by atoms with Gasteiger partial charge in [-0.15, -0.1) is 0 Å². The Morgan fingerprint density at radius 2 is 1.79 bits per heavy atom. The Morgan fingerprint density at radius 1 is 1.17 bits per heavy atom. The number of anilines is 1. The van der Waals surface area contributed by atoms with Gasteiger partial charge in [-0.05, 0) is 30.4 Å². The second-order valence-electron chi connectivity index (χ2n) is 6.51. The van der Waals surface area contributed by atoms with E-state index in [2.05, 4.69) is 5.32 Å². The molecule has 1 heterocycles. The maximum absolute atomic E-state index is 12.6. The fourth-order valence-corrected chi connectivity index (χ4v) is 4.20. The second kappa shape index (κ2) is 5.47. The van der Waals surface area contributed by atoms with Gasteiger partial charge in [0, 0.05) is 0 Å². The van der Waals surface area contributed by atoms with E-state index in [9.17, 15) is 14.4 Å². The highest BCUT2D eigenvalue weighted by atomic mass is 16.5. The Hall–Kier alpha value is -2.63. The van der Waals surface area contributed by atoms with E-state index < -0.39 is 5.91 Å². The van der Waals surface area contributed by atoms with Crippen LogP contribution in [-0.4, -0.2) is 36.3 Å². The lowest BCUT2D eigenvalue weighted by Crippen LogP contribution is -2.39. The van der Waals surface area contributed by atoms with Crippen molar-refractivity contribution in [1.82, 2.24) is 4.90 Å². The van der Waals surface area contributed by atoms with Crippen LogP contribution in [0.1, 0.15) is 6.42 Å². The van der Waals surface area contributed by atoms with Crippen molar-refractivity contribution >= 4 is 23.4 Å². The first-order chi connectivity index (χ1) is 11.6. The van der Waals surface area contributed by atoms with Gasteiger partial charge in [-0.3, -0.25) is 19.3 Å². The van der Waals surface area contributed by atoms with Crippen LogP contribution in [0.2, 0.25) is 0 Å². The van der Waals surface area contributed by atoms with Gasteiger partial charge in [-0.2, -0.15) is 0 Å². The van der Waals surface area contributed by atoms with Crippen molar-refractivity contribution in [2.75, 3.05) is 19.0 Å². The summed E-state index contributed by atoms with van der Waals surface area (Å²) < 4.78 is 5.19. The molecule has 0 radical (unpaired) electrons. The predicted molar refractivity (Wildman–Crippen MR) is 86.1 cm³/mol. The van der Waals surface area contributed by atoms with Crippen molar-refractivity contribution in [1.29, 1.82) is 0 Å². The molecule has 0 aromatic heterocycles. The first-order valence-corrected chi connectivity index (χ1v) is 8.06. The van der Waals surface area contributed by atoms with Gasteiger partial charge >= 0.3 is 0 Å². The second-order valence-corrected chi connectivity index (χ2v) is 6.51. The summed E-state index contributed by atoms with van der Waals surface area (Å²) in [4.78, 5) is 38.5. The average molecular weight is 326 g/mol. The molecule has 0 spiro atoms. The molecule has 2 fully saturated rings. The van der Waals surface area contributed by atoms with Gasteiger partial charge in [0.2, 0.25) is 17.7 Å². The maximum atomic E-state index is 12.6. The normalized spacial score (nSPS) is 30.0. The summed E-state index contributed by atoms with van der Waals surface area (Å²) in [6.07, 6.45) is 4.96. The lowest BCUT2D eigenvalue weighted by molar-refractivity contribution is -0.143. The standard InChI is InChI=1S/C18H18N2O4/c1-24-13-5-3-2-4-12(13)19-14(21)9-20-17(22)15-10-6-7-11(8-10)16(15)18(20)23/h2-7,10-11,15-16H,8-9H2,1H3,(H,19,21)/t10-,11-,15+,16+/m0/s1. The Bertz CT molecular complexity index is 727. The third-order valence-electron chi connectivity index (χ3n) is 5.24. The highest BCUT2D eigenvalue weighted by molar-refractivity contribution is 6.09. The fraction of sp³-hybridized carbons (Fsp3) is 0.389. The number of ether oxygens (including phenoxy) is 1. The zero-order chi connectivity index (χ0) is 16.8. The van der Waals surface area contributed by atoms with Crippen LogP contribution in [-0.2, 0) is 14.4 Å². The summed E-state index contributed by atoms with van der Waals surface area (Å²) in [6, 6.07) is 7.02. The number of carbonyl (C=O) groups excluding carboxylic acids is 3. The monoisotopic (exact) mass is 326 g/mol. The molecule has 2 aliphatic carbocycles. The Kier molecular flexibility index (Phi) is 3.40. The highest BCUT2D eigenvalue weighted by Gasteiger charge is 2.59. The van der Waals surface area contributed by atoms with Crippen LogP contribution in [0, 0.1) is 23.7 Å². The van der Waals surface area contributed by atoms with Crippen molar-refractivity contribution in [2.45, 2.75) is 6.42 Å². The third-order valence-corrected chi connectivity index (χ3v) is 5.24. The predicted octanol–water partition coefficient (Wildman–Crippen LogP) is 1.44. The molecule has 4 atom stereocenters. The van der Waals surface area contributed by atoms with Crippen LogP contribution in [0.5, 0.6) is 5.75 Å². The van der Waals surface area contributed by atoms with Gasteiger partial charge in [-0.1, -0.05) is 24.3 Å². The Balaban J connectivity index is 1.47. The first kappa shape index (κ1) is 14.9. The molecule has 1 aliphatic heterocycles. The fourth-order valence-electron chi connectivity index (χ4n) is 4.20. The van der Waals surface area contributed by atoms with Crippen LogP contribution >= 0.6 is 0 Å². The summed E-state index contributed by atoms with van der Waals surface area (Å²) in [7, 11) is 1.52. The molecule has 1 saturated carbocycles. The van der Waals surface area contributed by atoms with E-state index in [4.69, 9.17) is 4.74 Å². The number of hydrogen-bond donors (Lipinski definition) is 1. The van der Waals surface area contributed by atoms with Crippen molar-refractivity contribution in [3.05, 3.63) is 36.4 Å². The number of benzene rings is 1. The third kappa shape index (κ3) is 2.13. The van der Waals surface area contributed by atoms with Crippen molar-refractivity contribution in [2.24, 2.45) is 23.7 Å². The first-order valence-electron chi connectivity index (χ1n) is 8.06. The maximum Gasteiger partial charge on any atom is 0.244 e. The largest absolute Gasteiger partial charge is 0.495 e. The number of carbonyl (C=O) groups is 3. The summed E-state index contributed by atoms with van der Waals surface area (Å²) in [5, 5.41) is 2.71. The Labute approximate surface area is 139 Å². The van der Waals surface area contributed by atoms with Gasteiger partial charge in [-0.25, -0.2) is 0 Å². The minimum absolute atomic E-state index is 0.152. The van der Waals surface area contributed by atoms with E-state index in [0.29, 0.717) is 11.4 Å². The van der Waals surface area contributed by atoms with E-state index in [1.165, 1.54) is 7.11 Å². The molecule has 1 aromatic rings. The summed E-state index contributed by atoms with van der Waals surface area (Å²) in [5.74, 6) is -0.532. The number of fused-ring (bicyclic) bond motifs is 5. The smallest absolute Gasteiger partial charge is 0.244 e. The minimum Gasteiger partial charge on any atom is -0.495 e. The molecule has 6 nitrogen and oxygen atoms in total. The van der Waals surface area contributed by atoms with Crippen molar-refractivity contribution in [3.63, 3.8) is 0 Å². The lowest BCUT2D eigenvalue weighted by atomic mass is 9.85. The van der Waals surface area contributed by atoms with Crippen LogP contribution in [0.4, 0.5) is 5.69 Å². The quantitative estimate of drug-likeness (QED) is 0.671. The molecule has 1 saturated heterocycles. The van der Waals surface area contributed by atoms with E-state index in [-0.39, 0.29) is 42.0 Å². The van der Waals surface area contributed by atoms with E-state index in [0.717, 1.165) is 11.3 Å². The SMILES string of the molecule is COc1ccccc1NC(=O)CN1C(=O)[C@H]2[C@H](C1=O)[C@H]1C=C[C@H]2C1. The zero-order valence-corrected chi connectivity index (χ0v) is 13.3. The molecule has 6 heteroatoms. The molecule has 0 unspecified atom stereocenters. The summed E-state index contributed by atoms with van der Waals surface area (Å²) >= 11 is 0. The Morgan fingerprint density at radius 3 is 2.42 bits per heavy atom. The number of amides is 3. The van der Waals surface area contributed by atoms with Crippen molar-refractivity contribution in [3.8, 4) is 5.75 Å². The highest BCUT2D eigenvalue weighted by Crippen LogP contribution is 2.52. The number of likely N-dealkylation sites (tertiary alicyclic amines) is 1.